The molecule has 1 N–H and O–H groups in total. The van der Waals surface area contributed by atoms with Crippen LogP contribution in [0.25, 0.3) is 11.3 Å². The van der Waals surface area contributed by atoms with Crippen molar-refractivity contribution in [3.8, 4) is 23.4 Å². The van der Waals surface area contributed by atoms with E-state index in [1.807, 2.05) is 43.3 Å². The molecular weight excluding hydrogens is 330 g/mol. The van der Waals surface area contributed by atoms with Gasteiger partial charge < -0.3 is 5.32 Å². The van der Waals surface area contributed by atoms with Crippen LogP contribution < -0.4 is 5.32 Å². The molecule has 0 bridgehead atoms. The van der Waals surface area contributed by atoms with E-state index in [1.165, 1.54) is 0 Å². The number of benzene rings is 1. The maximum atomic E-state index is 9.11. The highest BCUT2D eigenvalue weighted by Crippen LogP contribution is 2.27. The van der Waals surface area contributed by atoms with E-state index in [1.54, 1.807) is 0 Å². The molecule has 0 fully saturated rings. The number of nitrogens with zero attached hydrogens (tertiary/aromatic N) is 4. The van der Waals surface area contributed by atoms with Gasteiger partial charge in [-0.1, -0.05) is 35.0 Å². The molecule has 0 spiro atoms. The maximum Gasteiger partial charge on any atom is 0.179 e. The van der Waals surface area contributed by atoms with Crippen LogP contribution in [-0.2, 0) is 0 Å². The minimum atomic E-state index is 0.0366. The van der Waals surface area contributed by atoms with Crippen LogP contribution in [0.1, 0.15) is 24.7 Å². The Labute approximate surface area is 131 Å². The predicted molar refractivity (Wildman–Crippen MR) is 83.4 cm³/mol. The fourth-order valence-electron chi connectivity index (χ4n) is 1.80. The number of anilines is 1. The average molecular weight is 342 g/mol. The molecule has 0 aliphatic heterocycles. The van der Waals surface area contributed by atoms with Crippen molar-refractivity contribution in [2.45, 2.75) is 13.3 Å². The first kappa shape index (κ1) is 15.0. The summed E-state index contributed by atoms with van der Waals surface area (Å²) >= 11 is 3.41. The van der Waals surface area contributed by atoms with Crippen molar-refractivity contribution < 1.29 is 0 Å². The molecule has 0 unspecified atom stereocenters. The van der Waals surface area contributed by atoms with Gasteiger partial charge in [-0.05, 0) is 18.6 Å². The Hall–Kier alpha value is -2.44. The molecule has 0 aliphatic rings. The van der Waals surface area contributed by atoms with Crippen LogP contribution in [0.5, 0.6) is 0 Å². The minimum Gasteiger partial charge on any atom is -0.368 e. The standard InChI is InChI=1S/C15H12BrN5/c1-2-6-19-15-14(10-4-3-5-11(16)7-10)20-12(8-17)13(9-18)21-15/h3-5,7H,2,6H2,1H3,(H,19,21). The largest absolute Gasteiger partial charge is 0.368 e. The highest BCUT2D eigenvalue weighted by atomic mass is 79.9. The topological polar surface area (TPSA) is 85.4 Å². The second-order valence-electron chi connectivity index (χ2n) is 4.28. The lowest BCUT2D eigenvalue weighted by Crippen LogP contribution is -2.08. The van der Waals surface area contributed by atoms with Crippen LogP contribution in [-0.4, -0.2) is 16.5 Å². The van der Waals surface area contributed by atoms with Crippen LogP contribution >= 0.6 is 15.9 Å². The Kier molecular flexibility index (Phi) is 4.86. The summed E-state index contributed by atoms with van der Waals surface area (Å²) in [6.45, 7) is 2.75. The van der Waals surface area contributed by atoms with Crippen molar-refractivity contribution in [2.75, 3.05) is 11.9 Å². The van der Waals surface area contributed by atoms with Gasteiger partial charge in [-0.15, -0.1) is 0 Å². The summed E-state index contributed by atoms with van der Waals surface area (Å²) in [5.41, 5.74) is 1.47. The Morgan fingerprint density at radius 2 is 1.90 bits per heavy atom. The summed E-state index contributed by atoms with van der Waals surface area (Å²) < 4.78 is 0.908. The van der Waals surface area contributed by atoms with Gasteiger partial charge in [0.1, 0.15) is 17.8 Å². The van der Waals surface area contributed by atoms with Gasteiger partial charge in [0.05, 0.1) is 0 Å². The van der Waals surface area contributed by atoms with Gasteiger partial charge in [0.2, 0.25) is 0 Å². The lowest BCUT2D eigenvalue weighted by Gasteiger charge is -2.11. The number of aromatic nitrogens is 2. The third-order valence-electron chi connectivity index (χ3n) is 2.75. The molecule has 2 aromatic rings. The van der Waals surface area contributed by atoms with Crippen molar-refractivity contribution >= 4 is 21.7 Å². The second kappa shape index (κ2) is 6.83. The van der Waals surface area contributed by atoms with Gasteiger partial charge in [0.15, 0.2) is 17.2 Å². The molecule has 2 rings (SSSR count). The summed E-state index contributed by atoms with van der Waals surface area (Å²) in [7, 11) is 0. The van der Waals surface area contributed by atoms with Gasteiger partial charge in [-0.2, -0.15) is 10.5 Å². The summed E-state index contributed by atoms with van der Waals surface area (Å²) in [5.74, 6) is 0.519. The molecule has 5 nitrogen and oxygen atoms in total. The smallest absolute Gasteiger partial charge is 0.179 e. The van der Waals surface area contributed by atoms with E-state index in [-0.39, 0.29) is 11.4 Å². The third-order valence-corrected chi connectivity index (χ3v) is 3.24. The van der Waals surface area contributed by atoms with Crippen LogP contribution in [0.15, 0.2) is 28.7 Å². The summed E-state index contributed by atoms with van der Waals surface area (Å²) in [4.78, 5) is 8.53. The molecule has 0 saturated carbocycles. The highest BCUT2D eigenvalue weighted by Gasteiger charge is 2.15. The first-order chi connectivity index (χ1) is 10.2. The van der Waals surface area contributed by atoms with Gasteiger partial charge in [-0.25, -0.2) is 9.97 Å². The number of rotatable bonds is 4. The van der Waals surface area contributed by atoms with E-state index < -0.39 is 0 Å². The predicted octanol–water partition coefficient (Wildman–Crippen LogP) is 3.47. The average Bonchev–Trinajstić information content (AvgIpc) is 2.52. The molecule has 0 amide bonds. The molecule has 1 aromatic carbocycles. The molecule has 0 aliphatic carbocycles. The van der Waals surface area contributed by atoms with Gasteiger partial charge in [0, 0.05) is 16.6 Å². The molecule has 6 heteroatoms. The molecule has 0 atom stereocenters. The molecule has 21 heavy (non-hydrogen) atoms. The Morgan fingerprint density at radius 3 is 2.52 bits per heavy atom. The number of nitrogens with one attached hydrogen (secondary N) is 1. The summed E-state index contributed by atoms with van der Waals surface area (Å²) in [6.07, 6.45) is 0.918. The monoisotopic (exact) mass is 341 g/mol. The van der Waals surface area contributed by atoms with Crippen LogP contribution in [0, 0.1) is 22.7 Å². The fourth-order valence-corrected chi connectivity index (χ4v) is 2.19. The number of hydrogen-bond acceptors (Lipinski definition) is 5. The van der Waals surface area contributed by atoms with E-state index >= 15 is 0 Å². The zero-order valence-electron chi connectivity index (χ0n) is 11.4. The first-order valence-electron chi connectivity index (χ1n) is 6.41. The SMILES string of the molecule is CCCNc1nc(C#N)c(C#N)nc1-c1cccc(Br)c1. The van der Waals surface area contributed by atoms with Crippen molar-refractivity contribution in [3.63, 3.8) is 0 Å². The molecule has 1 heterocycles. The Balaban J connectivity index is 2.62. The molecule has 104 valence electrons. The zero-order valence-corrected chi connectivity index (χ0v) is 13.0. The maximum absolute atomic E-state index is 9.11. The highest BCUT2D eigenvalue weighted by molar-refractivity contribution is 9.10. The third kappa shape index (κ3) is 3.36. The quantitative estimate of drug-likeness (QED) is 0.919. The van der Waals surface area contributed by atoms with E-state index in [4.69, 9.17) is 10.5 Å². The minimum absolute atomic E-state index is 0.0366. The van der Waals surface area contributed by atoms with Crippen molar-refractivity contribution in [1.29, 1.82) is 10.5 Å². The van der Waals surface area contributed by atoms with E-state index in [9.17, 15) is 0 Å². The van der Waals surface area contributed by atoms with Crippen molar-refractivity contribution in [3.05, 3.63) is 40.1 Å². The normalized spacial score (nSPS) is 9.71. The lowest BCUT2D eigenvalue weighted by molar-refractivity contribution is 0.962. The Bertz CT molecular complexity index is 743. The van der Waals surface area contributed by atoms with Crippen molar-refractivity contribution in [1.82, 2.24) is 9.97 Å². The number of nitriles is 2. The fraction of sp³-hybridized carbons (Fsp3) is 0.200. The zero-order chi connectivity index (χ0) is 15.2. The van der Waals surface area contributed by atoms with Crippen LogP contribution in [0.4, 0.5) is 5.82 Å². The van der Waals surface area contributed by atoms with E-state index in [0.717, 1.165) is 16.5 Å². The molecule has 0 radical (unpaired) electrons. The number of halogens is 1. The van der Waals surface area contributed by atoms with E-state index in [2.05, 4.69) is 31.2 Å². The molecular formula is C15H12BrN5. The summed E-state index contributed by atoms with van der Waals surface area (Å²) in [5, 5.41) is 21.3. The second-order valence-corrected chi connectivity index (χ2v) is 5.19. The molecule has 0 saturated heterocycles. The molecule has 1 aromatic heterocycles. The Morgan fingerprint density at radius 1 is 1.19 bits per heavy atom. The first-order valence-corrected chi connectivity index (χ1v) is 7.21. The number of hydrogen-bond donors (Lipinski definition) is 1. The van der Waals surface area contributed by atoms with Gasteiger partial charge in [-0.3, -0.25) is 0 Å². The van der Waals surface area contributed by atoms with Crippen LogP contribution in [0.2, 0.25) is 0 Å². The van der Waals surface area contributed by atoms with E-state index in [0.29, 0.717) is 18.1 Å². The lowest BCUT2D eigenvalue weighted by atomic mass is 10.1. The summed E-state index contributed by atoms with van der Waals surface area (Å²) in [6, 6.07) is 11.4. The van der Waals surface area contributed by atoms with Crippen LogP contribution in [0.3, 0.4) is 0 Å². The van der Waals surface area contributed by atoms with Gasteiger partial charge in [0.25, 0.3) is 0 Å². The van der Waals surface area contributed by atoms with Gasteiger partial charge >= 0.3 is 0 Å². The van der Waals surface area contributed by atoms with Crippen molar-refractivity contribution in [2.24, 2.45) is 0 Å².